The molecule has 2 N–H and O–H groups in total. The van der Waals surface area contributed by atoms with Gasteiger partial charge in [0.25, 0.3) is 0 Å². The Kier molecular flexibility index (Phi) is 5.03. The highest BCUT2D eigenvalue weighted by molar-refractivity contribution is 5.73. The van der Waals surface area contributed by atoms with Gasteiger partial charge in [0.1, 0.15) is 11.5 Å². The summed E-state index contributed by atoms with van der Waals surface area (Å²) in [6.07, 6.45) is 5.77. The van der Waals surface area contributed by atoms with Crippen LogP contribution in [0.3, 0.4) is 0 Å². The van der Waals surface area contributed by atoms with Gasteiger partial charge in [-0.25, -0.2) is 4.98 Å². The first-order valence-corrected chi connectivity index (χ1v) is 8.80. The van der Waals surface area contributed by atoms with Crippen molar-refractivity contribution < 1.29 is 14.9 Å². The van der Waals surface area contributed by atoms with Crippen molar-refractivity contribution in [3.05, 3.63) is 59.8 Å². The zero-order valence-corrected chi connectivity index (χ0v) is 15.5. The maximum Gasteiger partial charge on any atom is 0.221 e. The van der Waals surface area contributed by atoms with Crippen LogP contribution in [0.15, 0.2) is 54.3 Å². The Balaban J connectivity index is 2.10. The van der Waals surface area contributed by atoms with Crippen LogP contribution in [0.25, 0.3) is 11.1 Å². The van der Waals surface area contributed by atoms with Gasteiger partial charge in [-0.15, -0.1) is 0 Å². The molecule has 0 fully saturated rings. The summed E-state index contributed by atoms with van der Waals surface area (Å²) in [5.41, 5.74) is 4.28. The van der Waals surface area contributed by atoms with E-state index in [1.54, 1.807) is 31.5 Å². The molecule has 0 amide bonds. The number of phenols is 2. The number of benzene rings is 1. The average molecular weight is 351 g/mol. The van der Waals surface area contributed by atoms with E-state index in [0.29, 0.717) is 17.0 Å². The second-order valence-electron chi connectivity index (χ2n) is 7.02. The summed E-state index contributed by atoms with van der Waals surface area (Å²) in [5.74, 6) is 0.730. The van der Waals surface area contributed by atoms with E-state index in [2.05, 4.69) is 24.6 Å². The third-order valence-corrected chi connectivity index (χ3v) is 5.13. The van der Waals surface area contributed by atoms with E-state index in [1.165, 1.54) is 5.57 Å². The van der Waals surface area contributed by atoms with Crippen LogP contribution in [0.1, 0.15) is 38.2 Å². The minimum Gasteiger partial charge on any atom is -0.507 e. The quantitative estimate of drug-likeness (QED) is 0.745. The molecule has 0 radical (unpaired) electrons. The largest absolute Gasteiger partial charge is 0.507 e. The molecule has 0 unspecified atom stereocenters. The molecule has 4 nitrogen and oxygen atoms in total. The number of phenolic OH excluding ortho intramolecular Hbond substituents is 2. The number of rotatable bonds is 4. The van der Waals surface area contributed by atoms with Crippen LogP contribution < -0.4 is 4.74 Å². The molecule has 0 aliphatic heterocycles. The van der Waals surface area contributed by atoms with Crippen molar-refractivity contribution in [3.63, 3.8) is 0 Å². The molecule has 26 heavy (non-hydrogen) atoms. The molecule has 1 heterocycles. The van der Waals surface area contributed by atoms with Gasteiger partial charge < -0.3 is 14.9 Å². The van der Waals surface area contributed by atoms with Gasteiger partial charge in [-0.3, -0.25) is 0 Å². The Labute approximate surface area is 154 Å². The number of pyridine rings is 1. The van der Waals surface area contributed by atoms with Gasteiger partial charge in [-0.2, -0.15) is 0 Å². The van der Waals surface area contributed by atoms with Crippen LogP contribution in [0.2, 0.25) is 0 Å². The molecular formula is C22H25NO3. The highest BCUT2D eigenvalue weighted by Crippen LogP contribution is 2.47. The second-order valence-corrected chi connectivity index (χ2v) is 7.02. The molecule has 2 aromatic rings. The lowest BCUT2D eigenvalue weighted by atomic mass is 9.73. The number of aromatic hydroxyl groups is 2. The van der Waals surface area contributed by atoms with Gasteiger partial charge in [0.05, 0.1) is 7.11 Å². The summed E-state index contributed by atoms with van der Waals surface area (Å²) in [7, 11) is 1.55. The molecule has 0 saturated heterocycles. The third kappa shape index (κ3) is 3.32. The van der Waals surface area contributed by atoms with E-state index in [9.17, 15) is 10.2 Å². The molecule has 1 aromatic carbocycles. The number of nitrogens with zero attached hydrogens (tertiary/aromatic N) is 1. The van der Waals surface area contributed by atoms with Gasteiger partial charge in [0.2, 0.25) is 5.88 Å². The van der Waals surface area contributed by atoms with Crippen molar-refractivity contribution >= 4 is 0 Å². The Hall–Kier alpha value is -2.75. The smallest absolute Gasteiger partial charge is 0.221 e. The molecule has 0 spiro atoms. The highest BCUT2D eigenvalue weighted by atomic mass is 16.5. The summed E-state index contributed by atoms with van der Waals surface area (Å²) >= 11 is 0. The molecule has 2 atom stereocenters. The van der Waals surface area contributed by atoms with E-state index in [1.807, 2.05) is 13.0 Å². The average Bonchev–Trinajstić information content (AvgIpc) is 2.61. The van der Waals surface area contributed by atoms with Crippen molar-refractivity contribution in [1.29, 1.82) is 0 Å². The van der Waals surface area contributed by atoms with Gasteiger partial charge in [-0.1, -0.05) is 23.8 Å². The molecule has 1 aromatic heterocycles. The Bertz CT molecular complexity index is 846. The van der Waals surface area contributed by atoms with Crippen molar-refractivity contribution in [2.24, 2.45) is 5.92 Å². The number of aromatic nitrogens is 1. The predicted molar refractivity (Wildman–Crippen MR) is 104 cm³/mol. The number of ether oxygens (including phenoxy) is 1. The van der Waals surface area contributed by atoms with Crippen LogP contribution in [0, 0.1) is 5.92 Å². The monoisotopic (exact) mass is 351 g/mol. The minimum absolute atomic E-state index is 0.0770. The van der Waals surface area contributed by atoms with Gasteiger partial charge >= 0.3 is 0 Å². The van der Waals surface area contributed by atoms with Crippen LogP contribution in [0.4, 0.5) is 0 Å². The number of hydrogen-bond donors (Lipinski definition) is 2. The highest BCUT2D eigenvalue weighted by Gasteiger charge is 2.30. The van der Waals surface area contributed by atoms with Crippen molar-refractivity contribution in [3.8, 4) is 28.5 Å². The molecule has 1 aliphatic rings. The van der Waals surface area contributed by atoms with Gasteiger partial charge in [-0.05, 0) is 62.4 Å². The molecule has 3 rings (SSSR count). The first kappa shape index (κ1) is 18.1. The van der Waals surface area contributed by atoms with E-state index >= 15 is 0 Å². The summed E-state index contributed by atoms with van der Waals surface area (Å²) in [5, 5.41) is 21.5. The van der Waals surface area contributed by atoms with E-state index in [4.69, 9.17) is 4.74 Å². The minimum atomic E-state index is -0.0777. The Morgan fingerprint density at radius 2 is 1.96 bits per heavy atom. The zero-order chi connectivity index (χ0) is 18.8. The van der Waals surface area contributed by atoms with Crippen LogP contribution >= 0.6 is 0 Å². The van der Waals surface area contributed by atoms with E-state index in [-0.39, 0.29) is 23.3 Å². The van der Waals surface area contributed by atoms with Crippen LogP contribution in [-0.4, -0.2) is 22.3 Å². The third-order valence-electron chi connectivity index (χ3n) is 5.13. The molecule has 4 heteroatoms. The molecular weight excluding hydrogens is 326 g/mol. The van der Waals surface area contributed by atoms with Gasteiger partial charge in [0, 0.05) is 23.2 Å². The summed E-state index contributed by atoms with van der Waals surface area (Å²) in [6.45, 7) is 8.21. The lowest BCUT2D eigenvalue weighted by Crippen LogP contribution is -2.17. The Morgan fingerprint density at radius 3 is 2.58 bits per heavy atom. The maximum absolute atomic E-state index is 10.8. The first-order valence-electron chi connectivity index (χ1n) is 8.80. The van der Waals surface area contributed by atoms with Crippen LogP contribution in [-0.2, 0) is 0 Å². The number of methoxy groups -OCH3 is 1. The standard InChI is InChI=1S/C22H25NO3/c1-13(2)16-8-7-14(3)10-18(16)21-19(24)11-15(12-20(21)25)17-6-5-9-23-22(17)26-4/h5-6,9-12,16,18,24-25H,1,7-8H2,2-4H3/t16-,18+/m0/s1. The van der Waals surface area contributed by atoms with Crippen molar-refractivity contribution in [2.45, 2.75) is 32.6 Å². The fraction of sp³-hybridized carbons (Fsp3) is 0.318. The zero-order valence-electron chi connectivity index (χ0n) is 15.5. The van der Waals surface area contributed by atoms with E-state index < -0.39 is 0 Å². The molecule has 1 aliphatic carbocycles. The molecule has 136 valence electrons. The first-order chi connectivity index (χ1) is 12.4. The Morgan fingerprint density at radius 1 is 1.27 bits per heavy atom. The SMILES string of the molecule is C=C(C)[C@@H]1CCC(C)=C[C@H]1c1c(O)cc(-c2cccnc2OC)cc1O. The van der Waals surface area contributed by atoms with E-state index in [0.717, 1.165) is 24.0 Å². The molecule has 0 saturated carbocycles. The maximum atomic E-state index is 10.8. The van der Waals surface area contributed by atoms with Crippen LogP contribution in [0.5, 0.6) is 17.4 Å². The molecule has 0 bridgehead atoms. The summed E-state index contributed by atoms with van der Waals surface area (Å²) in [4.78, 5) is 4.18. The lowest BCUT2D eigenvalue weighted by molar-refractivity contribution is 0.399. The normalized spacial score (nSPS) is 19.7. The fourth-order valence-electron chi connectivity index (χ4n) is 3.80. The second kappa shape index (κ2) is 7.24. The number of allylic oxidation sites excluding steroid dienone is 3. The number of hydrogen-bond acceptors (Lipinski definition) is 4. The van der Waals surface area contributed by atoms with Gasteiger partial charge in [0.15, 0.2) is 0 Å². The van der Waals surface area contributed by atoms with Crippen molar-refractivity contribution in [1.82, 2.24) is 4.98 Å². The van der Waals surface area contributed by atoms with Crippen molar-refractivity contribution in [2.75, 3.05) is 7.11 Å². The fourth-order valence-corrected chi connectivity index (χ4v) is 3.80. The summed E-state index contributed by atoms with van der Waals surface area (Å²) in [6, 6.07) is 6.98. The summed E-state index contributed by atoms with van der Waals surface area (Å²) < 4.78 is 5.29. The predicted octanol–water partition coefficient (Wildman–Crippen LogP) is 5.18. The lowest BCUT2D eigenvalue weighted by Gasteiger charge is -2.31. The topological polar surface area (TPSA) is 62.6 Å².